The van der Waals surface area contributed by atoms with Crippen LogP contribution < -0.4 is 5.32 Å². The summed E-state index contributed by atoms with van der Waals surface area (Å²) >= 11 is 19.2. The highest BCUT2D eigenvalue weighted by atomic mass is 35.5. The number of nitrogens with zero attached hydrogens (tertiary/aromatic N) is 1. The van der Waals surface area contributed by atoms with Gasteiger partial charge in [0.05, 0.1) is 20.3 Å². The Bertz CT molecular complexity index is 666. The number of hydrogen-bond donors (Lipinski definition) is 1. The Kier molecular flexibility index (Phi) is 5.76. The topological polar surface area (TPSA) is 42.0 Å². The smallest absolute Gasteiger partial charge is 0.238 e. The Morgan fingerprint density at radius 2 is 1.95 bits per heavy atom. The summed E-state index contributed by atoms with van der Waals surface area (Å²) in [6.07, 6.45) is 1.43. The second-order valence-electron chi connectivity index (χ2n) is 4.16. The van der Waals surface area contributed by atoms with E-state index in [1.165, 1.54) is 24.0 Å². The van der Waals surface area contributed by atoms with E-state index in [4.69, 9.17) is 34.8 Å². The Labute approximate surface area is 142 Å². The number of thioether (sulfide) groups is 1. The summed E-state index contributed by atoms with van der Waals surface area (Å²) in [6.45, 7) is 1.78. The fourth-order valence-corrected chi connectivity index (χ4v) is 3.09. The first kappa shape index (κ1) is 16.4. The SMILES string of the molecule is C[C@H](Sc1ccccc1Cl)C(=O)Nc1ncc(Cl)cc1Cl. The van der Waals surface area contributed by atoms with E-state index in [1.807, 2.05) is 18.2 Å². The number of nitrogens with one attached hydrogen (secondary N) is 1. The first-order chi connectivity index (χ1) is 9.97. The molecular weight excluding hydrogens is 351 g/mol. The van der Waals surface area contributed by atoms with Crippen molar-refractivity contribution in [1.82, 2.24) is 4.98 Å². The van der Waals surface area contributed by atoms with Gasteiger partial charge < -0.3 is 5.32 Å². The maximum atomic E-state index is 12.2. The maximum absolute atomic E-state index is 12.2. The normalized spacial score (nSPS) is 12.0. The van der Waals surface area contributed by atoms with Crippen LogP contribution in [0.25, 0.3) is 0 Å². The molecule has 1 atom stereocenters. The number of anilines is 1. The fourth-order valence-electron chi connectivity index (χ4n) is 1.51. The molecule has 0 aliphatic rings. The molecule has 0 unspecified atom stereocenters. The van der Waals surface area contributed by atoms with Crippen LogP contribution in [0.15, 0.2) is 41.4 Å². The van der Waals surface area contributed by atoms with Crippen molar-refractivity contribution in [2.24, 2.45) is 0 Å². The molecule has 0 bridgehead atoms. The first-order valence-corrected chi connectivity index (χ1v) is 8.02. The highest BCUT2D eigenvalue weighted by Crippen LogP contribution is 2.31. The van der Waals surface area contributed by atoms with Crippen LogP contribution in [0.5, 0.6) is 0 Å². The van der Waals surface area contributed by atoms with Gasteiger partial charge in [-0.15, -0.1) is 11.8 Å². The van der Waals surface area contributed by atoms with Gasteiger partial charge in [0.1, 0.15) is 0 Å². The summed E-state index contributed by atoms with van der Waals surface area (Å²) < 4.78 is 0. The van der Waals surface area contributed by atoms with Crippen LogP contribution in [0.2, 0.25) is 15.1 Å². The lowest BCUT2D eigenvalue weighted by Gasteiger charge is -2.13. The van der Waals surface area contributed by atoms with E-state index < -0.39 is 0 Å². The Balaban J connectivity index is 2.04. The van der Waals surface area contributed by atoms with E-state index in [2.05, 4.69) is 10.3 Å². The lowest BCUT2D eigenvalue weighted by molar-refractivity contribution is -0.115. The third-order valence-electron chi connectivity index (χ3n) is 2.56. The van der Waals surface area contributed by atoms with E-state index in [0.29, 0.717) is 15.1 Å². The molecule has 110 valence electrons. The van der Waals surface area contributed by atoms with Crippen LogP contribution >= 0.6 is 46.6 Å². The molecule has 2 aromatic rings. The van der Waals surface area contributed by atoms with Gasteiger partial charge in [-0.1, -0.05) is 46.9 Å². The summed E-state index contributed by atoms with van der Waals surface area (Å²) in [7, 11) is 0. The van der Waals surface area contributed by atoms with Crippen molar-refractivity contribution in [3.8, 4) is 0 Å². The largest absolute Gasteiger partial charge is 0.308 e. The molecule has 0 aliphatic heterocycles. The lowest BCUT2D eigenvalue weighted by atomic mass is 10.4. The van der Waals surface area contributed by atoms with Crippen molar-refractivity contribution in [2.45, 2.75) is 17.1 Å². The second-order valence-corrected chi connectivity index (χ2v) is 6.80. The third kappa shape index (κ3) is 4.51. The van der Waals surface area contributed by atoms with E-state index in [-0.39, 0.29) is 17.0 Å². The van der Waals surface area contributed by atoms with Gasteiger partial charge in [-0.2, -0.15) is 0 Å². The van der Waals surface area contributed by atoms with Gasteiger partial charge in [-0.3, -0.25) is 4.79 Å². The molecule has 1 N–H and O–H groups in total. The van der Waals surface area contributed by atoms with Gasteiger partial charge in [-0.25, -0.2) is 4.98 Å². The first-order valence-electron chi connectivity index (χ1n) is 6.00. The van der Waals surface area contributed by atoms with Crippen LogP contribution in [0.4, 0.5) is 5.82 Å². The van der Waals surface area contributed by atoms with Crippen molar-refractivity contribution >= 4 is 58.3 Å². The number of hydrogen-bond acceptors (Lipinski definition) is 3. The van der Waals surface area contributed by atoms with Gasteiger partial charge in [-0.05, 0) is 25.1 Å². The molecular formula is C14H11Cl3N2OS. The second kappa shape index (κ2) is 7.36. The van der Waals surface area contributed by atoms with Crippen LogP contribution in [-0.4, -0.2) is 16.1 Å². The van der Waals surface area contributed by atoms with Crippen LogP contribution in [0.3, 0.4) is 0 Å². The van der Waals surface area contributed by atoms with Crippen LogP contribution in [0, 0.1) is 0 Å². The lowest BCUT2D eigenvalue weighted by Crippen LogP contribution is -2.23. The van der Waals surface area contributed by atoms with E-state index in [9.17, 15) is 4.79 Å². The number of benzene rings is 1. The zero-order chi connectivity index (χ0) is 15.4. The molecule has 0 saturated heterocycles. The molecule has 0 aliphatic carbocycles. The number of halogens is 3. The summed E-state index contributed by atoms with van der Waals surface area (Å²) in [5.74, 6) is 0.0781. The van der Waals surface area contributed by atoms with Gasteiger partial charge in [0, 0.05) is 11.1 Å². The number of carbonyl (C=O) groups is 1. The third-order valence-corrected chi connectivity index (χ3v) is 4.67. The minimum Gasteiger partial charge on any atom is -0.308 e. The number of carbonyl (C=O) groups excluding carboxylic acids is 1. The summed E-state index contributed by atoms with van der Waals surface area (Å²) in [6, 6.07) is 8.89. The number of pyridine rings is 1. The minimum atomic E-state index is -0.349. The predicted molar refractivity (Wildman–Crippen MR) is 89.7 cm³/mol. The quantitative estimate of drug-likeness (QED) is 0.765. The Hall–Kier alpha value is -0.940. The minimum absolute atomic E-state index is 0.211. The predicted octanol–water partition coefficient (Wildman–Crippen LogP) is 5.16. The summed E-state index contributed by atoms with van der Waals surface area (Å²) in [5, 5.41) is 3.65. The van der Waals surface area contributed by atoms with Crippen molar-refractivity contribution in [1.29, 1.82) is 0 Å². The fraction of sp³-hybridized carbons (Fsp3) is 0.143. The van der Waals surface area contributed by atoms with Gasteiger partial charge in [0.15, 0.2) is 5.82 Å². The molecule has 21 heavy (non-hydrogen) atoms. The van der Waals surface area contributed by atoms with Gasteiger partial charge >= 0.3 is 0 Å². The monoisotopic (exact) mass is 360 g/mol. The van der Waals surface area contributed by atoms with Crippen molar-refractivity contribution in [3.05, 3.63) is 51.6 Å². The summed E-state index contributed by atoms with van der Waals surface area (Å²) in [4.78, 5) is 17.0. The van der Waals surface area contributed by atoms with E-state index in [0.717, 1.165) is 4.90 Å². The molecule has 1 amide bonds. The van der Waals surface area contributed by atoms with Gasteiger partial charge in [0.2, 0.25) is 5.91 Å². The Morgan fingerprint density at radius 3 is 2.62 bits per heavy atom. The van der Waals surface area contributed by atoms with Crippen LogP contribution in [0.1, 0.15) is 6.92 Å². The van der Waals surface area contributed by atoms with E-state index in [1.54, 1.807) is 13.0 Å². The number of aromatic nitrogens is 1. The molecule has 7 heteroatoms. The maximum Gasteiger partial charge on any atom is 0.238 e. The number of rotatable bonds is 4. The molecule has 1 aromatic heterocycles. The van der Waals surface area contributed by atoms with Crippen molar-refractivity contribution in [2.75, 3.05) is 5.32 Å². The number of amides is 1. The molecule has 0 fully saturated rings. The molecule has 1 aromatic carbocycles. The Morgan fingerprint density at radius 1 is 1.24 bits per heavy atom. The van der Waals surface area contributed by atoms with Crippen LogP contribution in [-0.2, 0) is 4.79 Å². The molecule has 0 spiro atoms. The standard InChI is InChI=1S/C14H11Cl3N2OS/c1-8(21-12-5-3-2-4-10(12)16)14(20)19-13-11(17)6-9(15)7-18-13/h2-8H,1H3,(H,18,19,20)/t8-/m0/s1. The zero-order valence-corrected chi connectivity index (χ0v) is 14.0. The molecule has 1 heterocycles. The van der Waals surface area contributed by atoms with Crippen molar-refractivity contribution in [3.63, 3.8) is 0 Å². The zero-order valence-electron chi connectivity index (χ0n) is 10.9. The summed E-state index contributed by atoms with van der Waals surface area (Å²) in [5.41, 5.74) is 0. The molecule has 3 nitrogen and oxygen atoms in total. The molecule has 0 radical (unpaired) electrons. The molecule has 0 saturated carbocycles. The highest BCUT2D eigenvalue weighted by Gasteiger charge is 2.17. The average Bonchev–Trinajstić information content (AvgIpc) is 2.44. The van der Waals surface area contributed by atoms with E-state index >= 15 is 0 Å². The van der Waals surface area contributed by atoms with Crippen molar-refractivity contribution < 1.29 is 4.79 Å². The average molecular weight is 362 g/mol. The highest BCUT2D eigenvalue weighted by molar-refractivity contribution is 8.00. The van der Waals surface area contributed by atoms with Gasteiger partial charge in [0.25, 0.3) is 0 Å². The molecule has 2 rings (SSSR count).